The average Bonchev–Trinajstić information content (AvgIpc) is 3.36. The first-order chi connectivity index (χ1) is 16.9. The van der Waals surface area contributed by atoms with E-state index in [9.17, 15) is 26.3 Å². The van der Waals surface area contributed by atoms with Gasteiger partial charge in [0.15, 0.2) is 0 Å². The van der Waals surface area contributed by atoms with Crippen LogP contribution < -0.4 is 11.1 Å². The van der Waals surface area contributed by atoms with Crippen molar-refractivity contribution in [3.8, 4) is 5.95 Å². The maximum atomic E-state index is 14.6. The normalized spacial score (nSPS) is 19.6. The summed E-state index contributed by atoms with van der Waals surface area (Å²) < 4.78 is 81.3. The SMILES string of the molecule is CC1(c2ccccc2F)CNc2nc(-n3nc(CCC(F)(F)C(F)(F)F)c4c3CCCC4)nc(N)c21. The number of hydrogen-bond acceptors (Lipinski definition) is 5. The van der Waals surface area contributed by atoms with Gasteiger partial charge in [-0.1, -0.05) is 18.2 Å². The van der Waals surface area contributed by atoms with Crippen molar-refractivity contribution in [1.82, 2.24) is 19.7 Å². The van der Waals surface area contributed by atoms with E-state index >= 15 is 0 Å². The van der Waals surface area contributed by atoms with Crippen LogP contribution in [0, 0.1) is 5.82 Å². The van der Waals surface area contributed by atoms with Crippen molar-refractivity contribution in [3.63, 3.8) is 0 Å². The third-order valence-corrected chi connectivity index (χ3v) is 7.10. The van der Waals surface area contributed by atoms with E-state index < -0.39 is 30.4 Å². The molecule has 12 heteroatoms. The van der Waals surface area contributed by atoms with Crippen molar-refractivity contribution < 1.29 is 26.3 Å². The van der Waals surface area contributed by atoms with E-state index in [4.69, 9.17) is 5.73 Å². The Balaban J connectivity index is 1.53. The summed E-state index contributed by atoms with van der Waals surface area (Å²) in [6.07, 6.45) is -4.89. The van der Waals surface area contributed by atoms with Crippen molar-refractivity contribution in [2.24, 2.45) is 0 Å². The molecule has 2 aromatic heterocycles. The zero-order valence-electron chi connectivity index (χ0n) is 19.4. The minimum atomic E-state index is -5.62. The molecular formula is C24H24F6N6. The smallest absolute Gasteiger partial charge is 0.383 e. The largest absolute Gasteiger partial charge is 0.453 e. The van der Waals surface area contributed by atoms with Gasteiger partial charge in [-0.15, -0.1) is 0 Å². The quantitative estimate of drug-likeness (QED) is 0.466. The van der Waals surface area contributed by atoms with Crippen LogP contribution in [-0.4, -0.2) is 38.4 Å². The molecule has 36 heavy (non-hydrogen) atoms. The number of anilines is 2. The zero-order valence-corrected chi connectivity index (χ0v) is 19.4. The maximum absolute atomic E-state index is 14.6. The molecule has 1 aliphatic carbocycles. The van der Waals surface area contributed by atoms with Gasteiger partial charge in [0.05, 0.1) is 11.4 Å². The number of nitrogens with one attached hydrogen (secondary N) is 1. The van der Waals surface area contributed by atoms with Gasteiger partial charge < -0.3 is 11.1 Å². The number of aromatic nitrogens is 4. The minimum Gasteiger partial charge on any atom is -0.383 e. The highest BCUT2D eigenvalue weighted by Crippen LogP contribution is 2.45. The molecule has 3 N–H and O–H groups in total. The summed E-state index contributed by atoms with van der Waals surface area (Å²) in [6.45, 7) is 2.15. The predicted octanol–water partition coefficient (Wildman–Crippen LogP) is 5.12. The Hall–Kier alpha value is -3.31. The monoisotopic (exact) mass is 510 g/mol. The standard InChI is InChI=1S/C24H24F6N6/c1-22(14-7-3-4-8-15(14)25)12-32-20-18(22)19(31)33-21(34-20)36-17-9-5-2-6-13(17)16(35-36)10-11-23(26,27)24(28,29)30/h3-4,7-8H,2,5-6,9-12H2,1H3,(H3,31,32,33,34). The zero-order chi connectivity index (χ0) is 25.9. The Morgan fingerprint density at radius 2 is 1.81 bits per heavy atom. The predicted molar refractivity (Wildman–Crippen MR) is 121 cm³/mol. The second-order valence-electron chi connectivity index (χ2n) is 9.49. The van der Waals surface area contributed by atoms with Crippen LogP contribution in [0.15, 0.2) is 24.3 Å². The third-order valence-electron chi connectivity index (χ3n) is 7.10. The minimum absolute atomic E-state index is 0.0866. The summed E-state index contributed by atoms with van der Waals surface area (Å²) in [5.74, 6) is -4.61. The van der Waals surface area contributed by atoms with Gasteiger partial charge in [-0.2, -0.15) is 37.0 Å². The number of fused-ring (bicyclic) bond motifs is 2. The number of nitrogens with two attached hydrogens (primary N) is 1. The van der Waals surface area contributed by atoms with Crippen LogP contribution >= 0.6 is 0 Å². The number of halogens is 6. The molecule has 1 aliphatic heterocycles. The Labute approximate surface area is 202 Å². The molecule has 192 valence electrons. The van der Waals surface area contributed by atoms with Crippen molar-refractivity contribution in [2.45, 2.75) is 63.0 Å². The summed E-state index contributed by atoms with van der Waals surface area (Å²) in [6, 6.07) is 6.36. The van der Waals surface area contributed by atoms with Crippen molar-refractivity contribution in [2.75, 3.05) is 17.6 Å². The fourth-order valence-electron chi connectivity index (χ4n) is 5.18. The van der Waals surface area contributed by atoms with E-state index in [1.807, 2.05) is 6.92 Å². The summed E-state index contributed by atoms with van der Waals surface area (Å²) >= 11 is 0. The summed E-state index contributed by atoms with van der Waals surface area (Å²) in [5, 5.41) is 7.52. The fourth-order valence-corrected chi connectivity index (χ4v) is 5.18. The highest BCUT2D eigenvalue weighted by atomic mass is 19.4. The van der Waals surface area contributed by atoms with E-state index in [1.54, 1.807) is 18.2 Å². The summed E-state index contributed by atoms with van der Waals surface area (Å²) in [4.78, 5) is 8.96. The molecule has 3 heterocycles. The molecule has 0 fully saturated rings. The molecule has 0 saturated carbocycles. The van der Waals surface area contributed by atoms with Crippen LogP contribution in [0.25, 0.3) is 5.95 Å². The van der Waals surface area contributed by atoms with Gasteiger partial charge in [-0.25, -0.2) is 9.07 Å². The van der Waals surface area contributed by atoms with Crippen LogP contribution in [0.4, 0.5) is 38.0 Å². The first kappa shape index (κ1) is 24.4. The van der Waals surface area contributed by atoms with Gasteiger partial charge in [-0.05, 0) is 50.7 Å². The molecular weight excluding hydrogens is 486 g/mol. The van der Waals surface area contributed by atoms with Crippen LogP contribution in [0.3, 0.4) is 0 Å². The molecule has 1 atom stereocenters. The van der Waals surface area contributed by atoms with Gasteiger partial charge in [0, 0.05) is 29.5 Å². The lowest BCUT2D eigenvalue weighted by Crippen LogP contribution is -2.36. The lowest BCUT2D eigenvalue weighted by atomic mass is 9.78. The second kappa shape index (κ2) is 8.38. The Kier molecular flexibility index (Phi) is 5.68. The van der Waals surface area contributed by atoms with E-state index in [2.05, 4.69) is 20.4 Å². The number of alkyl halides is 5. The van der Waals surface area contributed by atoms with Crippen LogP contribution in [-0.2, 0) is 24.7 Å². The van der Waals surface area contributed by atoms with Gasteiger partial charge >= 0.3 is 12.1 Å². The number of aryl methyl sites for hydroxylation is 1. The van der Waals surface area contributed by atoms with Crippen LogP contribution in [0.5, 0.6) is 0 Å². The molecule has 0 bridgehead atoms. The molecule has 0 spiro atoms. The molecule has 0 amide bonds. The number of benzene rings is 1. The van der Waals surface area contributed by atoms with Crippen molar-refractivity contribution in [3.05, 3.63) is 58.2 Å². The van der Waals surface area contributed by atoms with Crippen molar-refractivity contribution in [1.29, 1.82) is 0 Å². The van der Waals surface area contributed by atoms with E-state index in [-0.39, 0.29) is 23.3 Å². The van der Waals surface area contributed by atoms with Crippen LogP contribution in [0.2, 0.25) is 0 Å². The maximum Gasteiger partial charge on any atom is 0.453 e. The van der Waals surface area contributed by atoms with Gasteiger partial charge in [0.1, 0.15) is 17.5 Å². The lowest BCUT2D eigenvalue weighted by molar-refractivity contribution is -0.284. The molecule has 5 rings (SSSR count). The third kappa shape index (κ3) is 3.86. The highest BCUT2D eigenvalue weighted by Gasteiger charge is 2.56. The summed E-state index contributed by atoms with van der Waals surface area (Å²) in [7, 11) is 0. The molecule has 3 aromatic rings. The molecule has 0 saturated heterocycles. The summed E-state index contributed by atoms with van der Waals surface area (Å²) in [5.41, 5.74) is 7.99. The van der Waals surface area contributed by atoms with Crippen LogP contribution in [0.1, 0.15) is 54.3 Å². The van der Waals surface area contributed by atoms with Gasteiger partial charge in [-0.3, -0.25) is 0 Å². The molecule has 1 unspecified atom stereocenters. The van der Waals surface area contributed by atoms with Gasteiger partial charge in [0.2, 0.25) is 0 Å². The van der Waals surface area contributed by atoms with Crippen molar-refractivity contribution >= 4 is 11.6 Å². The highest BCUT2D eigenvalue weighted by molar-refractivity contribution is 5.68. The first-order valence-electron chi connectivity index (χ1n) is 11.6. The number of nitrogen functional groups attached to an aromatic ring is 1. The number of rotatable bonds is 5. The topological polar surface area (TPSA) is 81.7 Å². The van der Waals surface area contributed by atoms with Gasteiger partial charge in [0.25, 0.3) is 5.95 Å². The average molecular weight is 510 g/mol. The molecule has 6 nitrogen and oxygen atoms in total. The van der Waals surface area contributed by atoms with E-state index in [1.165, 1.54) is 10.7 Å². The Morgan fingerprint density at radius 1 is 1.08 bits per heavy atom. The van der Waals surface area contributed by atoms with E-state index in [0.717, 1.165) is 12.8 Å². The lowest BCUT2D eigenvalue weighted by Gasteiger charge is -2.25. The Bertz CT molecular complexity index is 1320. The van der Waals surface area contributed by atoms with E-state index in [0.29, 0.717) is 47.6 Å². The molecule has 2 aliphatic rings. The molecule has 0 radical (unpaired) electrons. The number of nitrogens with zero attached hydrogens (tertiary/aromatic N) is 4. The Morgan fingerprint density at radius 3 is 2.53 bits per heavy atom. The second-order valence-corrected chi connectivity index (χ2v) is 9.49. The molecule has 1 aromatic carbocycles. The number of hydrogen-bond donors (Lipinski definition) is 2. The fraction of sp³-hybridized carbons (Fsp3) is 0.458. The first-order valence-corrected chi connectivity index (χ1v) is 11.6.